The van der Waals surface area contributed by atoms with Gasteiger partial charge in [0.1, 0.15) is 11.8 Å². The maximum absolute atomic E-state index is 13.1. The zero-order chi connectivity index (χ0) is 36.6. The predicted molar refractivity (Wildman–Crippen MR) is 182 cm³/mol. The predicted octanol–water partition coefficient (Wildman–Crippen LogP) is 0.448. The smallest absolute Gasteiger partial charge is 0.333 e. The maximum atomic E-state index is 13.1. The van der Waals surface area contributed by atoms with E-state index in [1.54, 1.807) is 42.5 Å². The number of fused-ring (bicyclic) bond motifs is 2. The SMILES string of the molecule is Cn1c(=O)c2c(nc(S(C)(=O)=O)n2C)n(CC#Cc2cccc(OCCCC(=O)Nc3cccc4c3CN(C3CCC(=O)NC3=O)C4=O)c2)c1=O. The second kappa shape index (κ2) is 13.7. The Hall–Kier alpha value is -6.02. The molecule has 2 aliphatic heterocycles. The molecule has 4 aromatic rings. The number of hydrogen-bond donors (Lipinski definition) is 2. The van der Waals surface area contributed by atoms with Crippen LogP contribution >= 0.6 is 0 Å². The molecule has 6 rings (SSSR count). The Morgan fingerprint density at radius 3 is 2.59 bits per heavy atom. The number of imidazole rings is 1. The summed E-state index contributed by atoms with van der Waals surface area (Å²) in [6, 6.07) is 11.1. The van der Waals surface area contributed by atoms with Crippen LogP contribution in [0.1, 0.15) is 47.2 Å². The minimum absolute atomic E-state index is 0.0393. The Kier molecular flexibility index (Phi) is 9.36. The number of anilines is 1. The monoisotopic (exact) mass is 715 g/mol. The minimum atomic E-state index is -3.78. The van der Waals surface area contributed by atoms with Gasteiger partial charge in [-0.05, 0) is 43.2 Å². The third-order valence-corrected chi connectivity index (χ3v) is 9.65. The van der Waals surface area contributed by atoms with Crippen molar-refractivity contribution in [2.45, 2.75) is 50.0 Å². The van der Waals surface area contributed by atoms with Crippen LogP contribution in [0.2, 0.25) is 0 Å². The van der Waals surface area contributed by atoms with Crippen molar-refractivity contribution in [3.63, 3.8) is 0 Å². The van der Waals surface area contributed by atoms with E-state index in [1.807, 2.05) is 0 Å². The third kappa shape index (κ3) is 6.90. The van der Waals surface area contributed by atoms with Crippen LogP contribution < -0.4 is 26.6 Å². The van der Waals surface area contributed by atoms with Gasteiger partial charge in [0, 0.05) is 62.1 Å². The zero-order valence-electron chi connectivity index (χ0n) is 27.9. The third-order valence-electron chi connectivity index (χ3n) is 8.63. The zero-order valence-corrected chi connectivity index (χ0v) is 28.7. The minimum Gasteiger partial charge on any atom is -0.494 e. The van der Waals surface area contributed by atoms with Gasteiger partial charge in [-0.15, -0.1) is 0 Å². The topological polar surface area (TPSA) is 201 Å². The summed E-state index contributed by atoms with van der Waals surface area (Å²) in [4.78, 5) is 80.9. The second-order valence-electron chi connectivity index (χ2n) is 12.2. The summed E-state index contributed by atoms with van der Waals surface area (Å²) in [7, 11) is -1.10. The van der Waals surface area contributed by atoms with E-state index in [0.717, 1.165) is 20.0 Å². The number of amides is 4. The lowest BCUT2D eigenvalue weighted by Crippen LogP contribution is -2.52. The average Bonchev–Trinajstić information content (AvgIpc) is 3.61. The van der Waals surface area contributed by atoms with Gasteiger partial charge in [0.2, 0.25) is 32.7 Å². The van der Waals surface area contributed by atoms with E-state index in [2.05, 4.69) is 27.5 Å². The van der Waals surface area contributed by atoms with E-state index in [1.165, 1.54) is 19.0 Å². The summed E-state index contributed by atoms with van der Waals surface area (Å²) >= 11 is 0. The molecule has 0 spiro atoms. The van der Waals surface area contributed by atoms with Gasteiger partial charge in [0.15, 0.2) is 11.2 Å². The van der Waals surface area contributed by atoms with Gasteiger partial charge in [-0.3, -0.25) is 38.4 Å². The normalized spacial score (nSPS) is 15.7. The van der Waals surface area contributed by atoms with Gasteiger partial charge < -0.3 is 19.5 Å². The molecule has 16 nitrogen and oxygen atoms in total. The largest absolute Gasteiger partial charge is 0.494 e. The van der Waals surface area contributed by atoms with E-state index in [4.69, 9.17) is 4.74 Å². The van der Waals surface area contributed by atoms with Crippen molar-refractivity contribution in [2.75, 3.05) is 18.2 Å². The molecule has 264 valence electrons. The van der Waals surface area contributed by atoms with Crippen LogP contribution in [0.15, 0.2) is 57.2 Å². The quantitative estimate of drug-likeness (QED) is 0.139. The number of carbonyl (C=O) groups excluding carboxylic acids is 4. The van der Waals surface area contributed by atoms with Crippen LogP contribution in [0.3, 0.4) is 0 Å². The number of nitrogens with zero attached hydrogens (tertiary/aromatic N) is 5. The van der Waals surface area contributed by atoms with Crippen LogP contribution in [0.5, 0.6) is 5.75 Å². The van der Waals surface area contributed by atoms with Crippen molar-refractivity contribution in [3.8, 4) is 17.6 Å². The number of benzene rings is 2. The highest BCUT2D eigenvalue weighted by molar-refractivity contribution is 7.90. The summed E-state index contributed by atoms with van der Waals surface area (Å²) in [6.07, 6.45) is 1.86. The number of piperidine rings is 1. The molecule has 2 aromatic heterocycles. The fraction of sp³-hybridized carbons (Fsp3) is 0.324. The van der Waals surface area contributed by atoms with Crippen molar-refractivity contribution in [3.05, 3.63) is 80.0 Å². The molecule has 2 N–H and O–H groups in total. The Morgan fingerprint density at radius 1 is 1.08 bits per heavy atom. The first kappa shape index (κ1) is 34.8. The summed E-state index contributed by atoms with van der Waals surface area (Å²) in [5.74, 6) is 4.83. The second-order valence-corrected chi connectivity index (χ2v) is 14.1. The van der Waals surface area contributed by atoms with E-state index in [0.29, 0.717) is 34.5 Å². The molecular weight excluding hydrogens is 682 g/mol. The number of aryl methyl sites for hydroxylation is 1. The first-order valence-corrected chi connectivity index (χ1v) is 17.8. The molecule has 1 unspecified atom stereocenters. The van der Waals surface area contributed by atoms with Crippen molar-refractivity contribution in [1.29, 1.82) is 0 Å². The molecule has 51 heavy (non-hydrogen) atoms. The molecule has 17 heteroatoms. The number of ether oxygens (including phenoxy) is 1. The fourth-order valence-electron chi connectivity index (χ4n) is 6.11. The highest BCUT2D eigenvalue weighted by atomic mass is 32.2. The van der Waals surface area contributed by atoms with Crippen molar-refractivity contribution in [2.24, 2.45) is 14.1 Å². The van der Waals surface area contributed by atoms with Crippen LogP contribution in [-0.4, -0.2) is 74.5 Å². The van der Waals surface area contributed by atoms with Crippen LogP contribution in [0.25, 0.3) is 11.2 Å². The lowest BCUT2D eigenvalue weighted by molar-refractivity contribution is -0.137. The maximum Gasteiger partial charge on any atom is 0.333 e. The first-order valence-electron chi connectivity index (χ1n) is 15.9. The van der Waals surface area contributed by atoms with Crippen molar-refractivity contribution in [1.82, 2.24) is 28.9 Å². The van der Waals surface area contributed by atoms with Crippen LogP contribution in [-0.2, 0) is 51.4 Å². The van der Waals surface area contributed by atoms with Gasteiger partial charge in [-0.1, -0.05) is 24.0 Å². The molecule has 1 fully saturated rings. The molecule has 4 heterocycles. The molecule has 2 aliphatic rings. The molecule has 1 atom stereocenters. The number of rotatable bonds is 9. The van der Waals surface area contributed by atoms with E-state index in [9.17, 15) is 37.2 Å². The van der Waals surface area contributed by atoms with Crippen LogP contribution in [0, 0.1) is 11.8 Å². The molecule has 0 aliphatic carbocycles. The number of sulfone groups is 1. The number of imide groups is 1. The summed E-state index contributed by atoms with van der Waals surface area (Å²) in [5.41, 5.74) is 0.563. The Bertz CT molecular complexity index is 2430. The van der Waals surface area contributed by atoms with Crippen LogP contribution in [0.4, 0.5) is 5.69 Å². The lowest BCUT2D eigenvalue weighted by atomic mass is 10.0. The number of hydrogen-bond acceptors (Lipinski definition) is 10. The van der Waals surface area contributed by atoms with Gasteiger partial charge in [-0.2, -0.15) is 4.98 Å². The number of carbonyl (C=O) groups is 4. The number of nitrogens with one attached hydrogen (secondary N) is 2. The summed E-state index contributed by atoms with van der Waals surface area (Å²) in [6.45, 7) is 0.183. The van der Waals surface area contributed by atoms with Gasteiger partial charge in [0.05, 0.1) is 13.2 Å². The van der Waals surface area contributed by atoms with Gasteiger partial charge >= 0.3 is 5.69 Å². The summed E-state index contributed by atoms with van der Waals surface area (Å²) < 4.78 is 33.4. The van der Waals surface area contributed by atoms with E-state index < -0.39 is 33.0 Å². The Balaban J connectivity index is 1.05. The summed E-state index contributed by atoms with van der Waals surface area (Å²) in [5, 5.41) is 4.79. The fourth-order valence-corrected chi connectivity index (χ4v) is 6.95. The van der Waals surface area contributed by atoms with Crippen molar-refractivity contribution < 1.29 is 32.3 Å². The Labute approximate surface area is 290 Å². The van der Waals surface area contributed by atoms with E-state index in [-0.39, 0.29) is 73.0 Å². The van der Waals surface area contributed by atoms with Gasteiger partial charge in [-0.25, -0.2) is 13.2 Å². The lowest BCUT2D eigenvalue weighted by Gasteiger charge is -2.29. The van der Waals surface area contributed by atoms with Gasteiger partial charge in [0.25, 0.3) is 11.5 Å². The molecular formula is C34H33N7O9S. The molecule has 1 saturated heterocycles. The molecule has 2 aromatic carbocycles. The Morgan fingerprint density at radius 2 is 1.84 bits per heavy atom. The highest BCUT2D eigenvalue weighted by Crippen LogP contribution is 2.32. The first-order chi connectivity index (χ1) is 24.2. The standard InChI is InChI=1S/C34H33N7O9S/c1-38-28-29(37-33(38)51(3,48)49)40(34(47)39(2)32(28)46)16-6-9-20-8-4-10-21(18-20)50-17-7-13-26(42)35-24-12-5-11-22-23(24)19-41(31(22)45)25-14-15-27(43)36-30(25)44/h4-5,8,10-12,18,25H,7,13-17,19H2,1-3H3,(H,35,42)(H,36,43,44). The molecule has 4 amide bonds. The molecule has 0 radical (unpaired) electrons. The average molecular weight is 716 g/mol. The number of aromatic nitrogens is 4. The molecule has 0 saturated carbocycles. The molecule has 0 bridgehead atoms. The van der Waals surface area contributed by atoms with E-state index >= 15 is 0 Å². The highest BCUT2D eigenvalue weighted by Gasteiger charge is 2.40. The van der Waals surface area contributed by atoms with Crippen molar-refractivity contribution >= 4 is 50.3 Å².